The lowest BCUT2D eigenvalue weighted by atomic mass is 10.0. The lowest BCUT2D eigenvalue weighted by Crippen LogP contribution is -2.55. The molecule has 0 aliphatic carbocycles. The molecule has 0 aromatic carbocycles. The van der Waals surface area contributed by atoms with Crippen molar-refractivity contribution in [2.45, 2.75) is 45.7 Å². The average molecular weight is 314 g/mol. The number of likely N-dealkylation sites (N-methyl/N-ethyl adjacent to an activating group) is 1. The molecule has 1 aliphatic rings. The summed E-state index contributed by atoms with van der Waals surface area (Å²) < 4.78 is 0. The smallest absolute Gasteiger partial charge is 0.315 e. The lowest BCUT2D eigenvalue weighted by Gasteiger charge is -2.40. The van der Waals surface area contributed by atoms with Crippen LogP contribution >= 0.6 is 0 Å². The minimum Gasteiger partial charge on any atom is -0.396 e. The van der Waals surface area contributed by atoms with Gasteiger partial charge in [0.2, 0.25) is 0 Å². The fourth-order valence-electron chi connectivity index (χ4n) is 2.91. The van der Waals surface area contributed by atoms with Crippen molar-refractivity contribution in [2.24, 2.45) is 5.92 Å². The van der Waals surface area contributed by atoms with Crippen LogP contribution in [0.1, 0.15) is 33.6 Å². The molecular weight excluding hydrogens is 280 g/mol. The van der Waals surface area contributed by atoms with Crippen molar-refractivity contribution in [3.8, 4) is 0 Å². The molecule has 0 bridgehead atoms. The normalized spacial score (nSPS) is 19.9. The fourth-order valence-corrected chi connectivity index (χ4v) is 2.91. The maximum Gasteiger partial charge on any atom is 0.315 e. The number of carbonyl (C=O) groups excluding carboxylic acids is 1. The molecule has 0 spiro atoms. The van der Waals surface area contributed by atoms with Crippen LogP contribution in [0.4, 0.5) is 4.79 Å². The molecule has 2 amide bonds. The van der Waals surface area contributed by atoms with Gasteiger partial charge in [0, 0.05) is 51.4 Å². The molecule has 6 nitrogen and oxygen atoms in total. The van der Waals surface area contributed by atoms with Gasteiger partial charge in [-0.15, -0.1) is 0 Å². The third-order valence-corrected chi connectivity index (χ3v) is 4.55. The molecule has 2 unspecified atom stereocenters. The predicted octanol–water partition coefficient (Wildman–Crippen LogP) is 0.719. The summed E-state index contributed by atoms with van der Waals surface area (Å²) in [7, 11) is 2.15. The number of hydrogen-bond donors (Lipinski definition) is 3. The average Bonchev–Trinajstić information content (AvgIpc) is 2.48. The second-order valence-electron chi connectivity index (χ2n) is 6.62. The van der Waals surface area contributed by atoms with E-state index in [1.807, 2.05) is 6.92 Å². The van der Waals surface area contributed by atoms with Crippen molar-refractivity contribution in [3.63, 3.8) is 0 Å². The van der Waals surface area contributed by atoms with Crippen LogP contribution in [0.2, 0.25) is 0 Å². The summed E-state index contributed by atoms with van der Waals surface area (Å²) in [4.78, 5) is 16.8. The summed E-state index contributed by atoms with van der Waals surface area (Å²) in [5, 5.41) is 14.9. The summed E-state index contributed by atoms with van der Waals surface area (Å²) in [6, 6.07) is 0.295. The van der Waals surface area contributed by atoms with Crippen LogP contribution in [0.3, 0.4) is 0 Å². The maximum atomic E-state index is 12.0. The second-order valence-corrected chi connectivity index (χ2v) is 6.62. The zero-order chi connectivity index (χ0) is 16.5. The number of urea groups is 1. The van der Waals surface area contributed by atoms with Gasteiger partial charge in [0.25, 0.3) is 0 Å². The molecule has 0 aromatic rings. The number of hydrogen-bond acceptors (Lipinski definition) is 4. The highest BCUT2D eigenvalue weighted by molar-refractivity contribution is 5.74. The monoisotopic (exact) mass is 314 g/mol. The third-order valence-electron chi connectivity index (χ3n) is 4.55. The molecule has 22 heavy (non-hydrogen) atoms. The van der Waals surface area contributed by atoms with E-state index in [1.165, 1.54) is 0 Å². The summed E-state index contributed by atoms with van der Waals surface area (Å²) in [5.41, 5.74) is 0. The fraction of sp³-hybridized carbons (Fsp3) is 0.938. The number of nitrogens with zero attached hydrogens (tertiary/aromatic N) is 2. The maximum absolute atomic E-state index is 12.0. The Morgan fingerprint density at radius 2 is 1.86 bits per heavy atom. The van der Waals surface area contributed by atoms with Gasteiger partial charge in [-0.2, -0.15) is 0 Å². The molecule has 1 saturated heterocycles. The van der Waals surface area contributed by atoms with Crippen LogP contribution in [-0.2, 0) is 0 Å². The Balaban J connectivity index is 2.42. The first-order valence-electron chi connectivity index (χ1n) is 8.55. The summed E-state index contributed by atoms with van der Waals surface area (Å²) in [6.07, 6.45) is 1.44. The molecule has 0 radical (unpaired) electrons. The van der Waals surface area contributed by atoms with Gasteiger partial charge in [-0.1, -0.05) is 20.8 Å². The van der Waals surface area contributed by atoms with Crippen LogP contribution in [0.25, 0.3) is 0 Å². The van der Waals surface area contributed by atoms with Gasteiger partial charge < -0.3 is 20.6 Å². The Morgan fingerprint density at radius 1 is 1.23 bits per heavy atom. The number of aliphatic hydroxyl groups excluding tert-OH is 1. The molecule has 0 aromatic heterocycles. The highest BCUT2D eigenvalue weighted by atomic mass is 16.3. The predicted molar refractivity (Wildman–Crippen MR) is 90.0 cm³/mol. The van der Waals surface area contributed by atoms with Crippen LogP contribution in [-0.4, -0.2) is 79.4 Å². The Morgan fingerprint density at radius 3 is 2.36 bits per heavy atom. The minimum atomic E-state index is -0.125. The van der Waals surface area contributed by atoms with Gasteiger partial charge in [0.1, 0.15) is 0 Å². The molecule has 1 aliphatic heterocycles. The van der Waals surface area contributed by atoms with E-state index in [4.69, 9.17) is 5.11 Å². The first-order chi connectivity index (χ1) is 10.5. The molecular formula is C16H34N4O2. The van der Waals surface area contributed by atoms with E-state index in [2.05, 4.69) is 41.3 Å². The van der Waals surface area contributed by atoms with E-state index in [0.717, 1.165) is 32.6 Å². The van der Waals surface area contributed by atoms with E-state index < -0.39 is 0 Å². The molecule has 1 fully saturated rings. The number of amides is 2. The standard InChI is InChI=1S/C16H34N4O2/c1-5-14(6-11-21)18-16(22)17-12-15(13(2)3)20-9-7-19(4)8-10-20/h13-15,21H,5-12H2,1-4H3,(H2,17,18,22). The number of carbonyl (C=O) groups is 1. The number of rotatable bonds is 8. The van der Waals surface area contributed by atoms with Gasteiger partial charge in [-0.25, -0.2) is 4.79 Å². The highest BCUT2D eigenvalue weighted by Crippen LogP contribution is 2.12. The largest absolute Gasteiger partial charge is 0.396 e. The van der Waals surface area contributed by atoms with Crippen molar-refractivity contribution in [2.75, 3.05) is 46.4 Å². The Kier molecular flexibility index (Phi) is 8.75. The molecule has 1 heterocycles. The van der Waals surface area contributed by atoms with E-state index >= 15 is 0 Å². The van der Waals surface area contributed by atoms with Gasteiger partial charge in [-0.05, 0) is 25.8 Å². The van der Waals surface area contributed by atoms with Crippen LogP contribution < -0.4 is 10.6 Å². The van der Waals surface area contributed by atoms with E-state index in [9.17, 15) is 4.79 Å². The molecule has 130 valence electrons. The first kappa shape index (κ1) is 19.2. The number of piperazine rings is 1. The number of nitrogens with one attached hydrogen (secondary N) is 2. The summed E-state index contributed by atoms with van der Waals surface area (Å²) in [6.45, 7) is 11.5. The van der Waals surface area contributed by atoms with Crippen molar-refractivity contribution in [1.82, 2.24) is 20.4 Å². The Bertz CT molecular complexity index is 317. The zero-order valence-corrected chi connectivity index (χ0v) is 14.6. The molecule has 0 saturated carbocycles. The van der Waals surface area contributed by atoms with E-state index in [1.54, 1.807) is 0 Å². The van der Waals surface area contributed by atoms with Gasteiger partial charge in [0.05, 0.1) is 0 Å². The van der Waals surface area contributed by atoms with Crippen LogP contribution in [0.5, 0.6) is 0 Å². The van der Waals surface area contributed by atoms with E-state index in [-0.39, 0.29) is 18.7 Å². The van der Waals surface area contributed by atoms with Crippen molar-refractivity contribution in [3.05, 3.63) is 0 Å². The summed E-state index contributed by atoms with van der Waals surface area (Å²) >= 11 is 0. The molecule has 2 atom stereocenters. The van der Waals surface area contributed by atoms with Crippen LogP contribution in [0.15, 0.2) is 0 Å². The molecule has 1 rings (SSSR count). The Labute approximate surface area is 135 Å². The van der Waals surface area contributed by atoms with E-state index in [0.29, 0.717) is 24.9 Å². The van der Waals surface area contributed by atoms with Crippen molar-refractivity contribution < 1.29 is 9.90 Å². The lowest BCUT2D eigenvalue weighted by molar-refractivity contribution is 0.0886. The van der Waals surface area contributed by atoms with Crippen molar-refractivity contribution >= 4 is 6.03 Å². The SMILES string of the molecule is CCC(CCO)NC(=O)NCC(C(C)C)N1CCN(C)CC1. The van der Waals surface area contributed by atoms with Crippen molar-refractivity contribution in [1.29, 1.82) is 0 Å². The second kappa shape index (κ2) is 10.0. The van der Waals surface area contributed by atoms with Crippen LogP contribution in [0, 0.1) is 5.92 Å². The molecule has 3 N–H and O–H groups in total. The third kappa shape index (κ3) is 6.50. The van der Waals surface area contributed by atoms with Gasteiger partial charge >= 0.3 is 6.03 Å². The van der Waals surface area contributed by atoms with Gasteiger partial charge in [-0.3, -0.25) is 4.90 Å². The zero-order valence-electron chi connectivity index (χ0n) is 14.6. The Hall–Kier alpha value is -0.850. The minimum absolute atomic E-state index is 0.0473. The molecule has 6 heteroatoms. The van der Waals surface area contributed by atoms with Gasteiger partial charge in [0.15, 0.2) is 0 Å². The number of aliphatic hydroxyl groups is 1. The first-order valence-corrected chi connectivity index (χ1v) is 8.55. The highest BCUT2D eigenvalue weighted by Gasteiger charge is 2.25. The quantitative estimate of drug-likeness (QED) is 0.617. The topological polar surface area (TPSA) is 67.8 Å². The summed E-state index contributed by atoms with van der Waals surface area (Å²) in [5.74, 6) is 0.503.